The number of carbonyl (C=O) groups is 1. The zero-order valence-electron chi connectivity index (χ0n) is 8.39. The molecule has 0 aromatic carbocycles. The molecule has 0 radical (unpaired) electrons. The van der Waals surface area contributed by atoms with E-state index in [1.807, 2.05) is 6.92 Å². The van der Waals surface area contributed by atoms with Gasteiger partial charge in [0, 0.05) is 6.61 Å². The van der Waals surface area contributed by atoms with E-state index in [0.717, 1.165) is 13.3 Å². The minimum Gasteiger partial charge on any atom is -0.480 e. The van der Waals surface area contributed by atoms with Crippen molar-refractivity contribution in [2.45, 2.75) is 25.5 Å². The number of hydrogen-bond acceptors (Lipinski definition) is 4. The maximum atomic E-state index is 11.3. The smallest absolute Gasteiger partial charge is 0.321 e. The molecule has 0 aliphatic rings. The fraction of sp³-hybridized carbons (Fsp3) is 0.875. The highest BCUT2D eigenvalue weighted by molar-refractivity contribution is 7.92. The Hall–Kier alpha value is -0.620. The van der Waals surface area contributed by atoms with Crippen molar-refractivity contribution >= 4 is 15.8 Å². The van der Waals surface area contributed by atoms with Gasteiger partial charge in [0.15, 0.2) is 15.1 Å². The standard InChI is InChI=1S/C8H16O5S/c1-3-4-13-5-6-14(11,12)7(2)8(9)10/h7H,3-6H2,1-2H3,(H,9,10). The van der Waals surface area contributed by atoms with Gasteiger partial charge in [-0.3, -0.25) is 4.79 Å². The maximum absolute atomic E-state index is 11.3. The summed E-state index contributed by atoms with van der Waals surface area (Å²) in [7, 11) is -3.56. The number of rotatable bonds is 7. The molecule has 6 heteroatoms. The summed E-state index contributed by atoms with van der Waals surface area (Å²) in [5, 5.41) is 7.15. The Labute approximate surface area is 84.0 Å². The Bertz CT molecular complexity index is 269. The van der Waals surface area contributed by atoms with Gasteiger partial charge in [-0.25, -0.2) is 8.42 Å². The summed E-state index contributed by atoms with van der Waals surface area (Å²) in [6, 6.07) is 0. The third-order valence-electron chi connectivity index (χ3n) is 1.75. The fourth-order valence-corrected chi connectivity index (χ4v) is 1.76. The summed E-state index contributed by atoms with van der Waals surface area (Å²) in [5.74, 6) is -1.55. The Morgan fingerprint density at radius 1 is 1.43 bits per heavy atom. The van der Waals surface area contributed by atoms with E-state index in [1.165, 1.54) is 0 Å². The predicted molar refractivity (Wildman–Crippen MR) is 52.0 cm³/mol. The lowest BCUT2D eigenvalue weighted by atomic mass is 10.5. The molecule has 14 heavy (non-hydrogen) atoms. The van der Waals surface area contributed by atoms with Crippen molar-refractivity contribution in [2.75, 3.05) is 19.0 Å². The van der Waals surface area contributed by atoms with E-state index in [-0.39, 0.29) is 12.4 Å². The van der Waals surface area contributed by atoms with Crippen molar-refractivity contribution in [2.24, 2.45) is 0 Å². The van der Waals surface area contributed by atoms with E-state index < -0.39 is 21.1 Å². The van der Waals surface area contributed by atoms with Gasteiger partial charge in [-0.15, -0.1) is 0 Å². The van der Waals surface area contributed by atoms with Gasteiger partial charge in [0.1, 0.15) is 0 Å². The second-order valence-corrected chi connectivity index (χ2v) is 5.40. The second-order valence-electron chi connectivity index (χ2n) is 2.96. The molecule has 0 heterocycles. The molecule has 0 rings (SSSR count). The number of hydrogen-bond donors (Lipinski definition) is 1. The molecule has 0 saturated heterocycles. The third kappa shape index (κ3) is 4.57. The number of carboxylic acid groups (broad SMARTS) is 1. The van der Waals surface area contributed by atoms with Crippen molar-refractivity contribution < 1.29 is 23.1 Å². The first-order valence-electron chi connectivity index (χ1n) is 4.44. The van der Waals surface area contributed by atoms with Gasteiger partial charge in [0.05, 0.1) is 12.4 Å². The molecule has 0 aromatic heterocycles. The Balaban J connectivity index is 4.02. The largest absolute Gasteiger partial charge is 0.480 e. The van der Waals surface area contributed by atoms with Crippen molar-refractivity contribution in [3.05, 3.63) is 0 Å². The molecule has 5 nitrogen and oxygen atoms in total. The van der Waals surface area contributed by atoms with Crippen LogP contribution in [0.5, 0.6) is 0 Å². The molecule has 0 bridgehead atoms. The third-order valence-corrected chi connectivity index (χ3v) is 3.76. The topological polar surface area (TPSA) is 80.7 Å². The maximum Gasteiger partial charge on any atom is 0.321 e. The number of ether oxygens (including phenoxy) is 1. The summed E-state index contributed by atoms with van der Waals surface area (Å²) in [5.41, 5.74) is 0. The van der Waals surface area contributed by atoms with Crippen LogP contribution in [0.4, 0.5) is 0 Å². The molecule has 0 aromatic rings. The zero-order chi connectivity index (χ0) is 11.2. The van der Waals surface area contributed by atoms with E-state index >= 15 is 0 Å². The van der Waals surface area contributed by atoms with E-state index in [1.54, 1.807) is 0 Å². The van der Waals surface area contributed by atoms with Gasteiger partial charge >= 0.3 is 5.97 Å². The van der Waals surface area contributed by atoms with Crippen LogP contribution in [0.1, 0.15) is 20.3 Å². The predicted octanol–water partition coefficient (Wildman–Crippen LogP) is 0.301. The molecule has 84 valence electrons. The molecule has 0 aliphatic carbocycles. The van der Waals surface area contributed by atoms with Crippen LogP contribution in [0.3, 0.4) is 0 Å². The molecule has 0 aliphatic heterocycles. The van der Waals surface area contributed by atoms with Gasteiger partial charge < -0.3 is 9.84 Å². The Kier molecular flexibility index (Phi) is 5.71. The number of carboxylic acids is 1. The first-order chi connectivity index (χ1) is 6.41. The van der Waals surface area contributed by atoms with Gasteiger partial charge in [0.25, 0.3) is 0 Å². The minimum atomic E-state index is -3.56. The second kappa shape index (κ2) is 5.98. The number of sulfone groups is 1. The SMILES string of the molecule is CCCOCCS(=O)(=O)C(C)C(=O)O. The zero-order valence-corrected chi connectivity index (χ0v) is 9.21. The van der Waals surface area contributed by atoms with Crippen LogP contribution in [0.15, 0.2) is 0 Å². The lowest BCUT2D eigenvalue weighted by molar-refractivity contribution is -0.136. The lowest BCUT2D eigenvalue weighted by Gasteiger charge is -2.08. The average Bonchev–Trinajstić information content (AvgIpc) is 2.11. The summed E-state index contributed by atoms with van der Waals surface area (Å²) in [6.07, 6.45) is 0.814. The molecule has 0 amide bonds. The normalized spacial score (nSPS) is 13.9. The quantitative estimate of drug-likeness (QED) is 0.629. The van der Waals surface area contributed by atoms with Crippen LogP contribution in [-0.4, -0.2) is 43.7 Å². The van der Waals surface area contributed by atoms with Crippen molar-refractivity contribution in [1.29, 1.82) is 0 Å². The molecular formula is C8H16O5S. The molecule has 0 saturated carbocycles. The summed E-state index contributed by atoms with van der Waals surface area (Å²) < 4.78 is 27.5. The van der Waals surface area contributed by atoms with Crippen molar-refractivity contribution in [3.8, 4) is 0 Å². The molecule has 0 spiro atoms. The molecule has 0 fully saturated rings. The van der Waals surface area contributed by atoms with Gasteiger partial charge in [0.2, 0.25) is 0 Å². The van der Waals surface area contributed by atoms with Crippen molar-refractivity contribution in [3.63, 3.8) is 0 Å². The average molecular weight is 224 g/mol. The molecule has 1 unspecified atom stereocenters. The number of aliphatic carboxylic acids is 1. The summed E-state index contributed by atoms with van der Waals surface area (Å²) in [6.45, 7) is 3.64. The highest BCUT2D eigenvalue weighted by Crippen LogP contribution is 2.02. The van der Waals surface area contributed by atoms with Crippen LogP contribution >= 0.6 is 0 Å². The molecule has 1 atom stereocenters. The highest BCUT2D eigenvalue weighted by atomic mass is 32.2. The highest BCUT2D eigenvalue weighted by Gasteiger charge is 2.26. The van der Waals surface area contributed by atoms with E-state index in [9.17, 15) is 13.2 Å². The van der Waals surface area contributed by atoms with Crippen LogP contribution < -0.4 is 0 Å². The Morgan fingerprint density at radius 2 is 2.00 bits per heavy atom. The first kappa shape index (κ1) is 13.4. The van der Waals surface area contributed by atoms with Gasteiger partial charge in [-0.05, 0) is 13.3 Å². The van der Waals surface area contributed by atoms with E-state index in [2.05, 4.69) is 0 Å². The van der Waals surface area contributed by atoms with E-state index in [0.29, 0.717) is 6.61 Å². The first-order valence-corrected chi connectivity index (χ1v) is 6.15. The van der Waals surface area contributed by atoms with Crippen LogP contribution in [0, 0.1) is 0 Å². The van der Waals surface area contributed by atoms with Crippen LogP contribution in [-0.2, 0) is 19.4 Å². The van der Waals surface area contributed by atoms with Gasteiger partial charge in [-0.1, -0.05) is 6.92 Å². The van der Waals surface area contributed by atoms with Gasteiger partial charge in [-0.2, -0.15) is 0 Å². The molecular weight excluding hydrogens is 208 g/mol. The van der Waals surface area contributed by atoms with Crippen LogP contribution in [0.2, 0.25) is 0 Å². The van der Waals surface area contributed by atoms with Crippen LogP contribution in [0.25, 0.3) is 0 Å². The lowest BCUT2D eigenvalue weighted by Crippen LogP contribution is -2.30. The minimum absolute atomic E-state index is 0.0633. The fourth-order valence-electron chi connectivity index (χ4n) is 0.752. The Morgan fingerprint density at radius 3 is 2.43 bits per heavy atom. The monoisotopic (exact) mass is 224 g/mol. The summed E-state index contributed by atoms with van der Waals surface area (Å²) in [4.78, 5) is 10.4. The van der Waals surface area contributed by atoms with Crippen molar-refractivity contribution in [1.82, 2.24) is 0 Å². The van der Waals surface area contributed by atoms with E-state index in [4.69, 9.17) is 9.84 Å². The molecule has 1 N–H and O–H groups in total. The summed E-state index contributed by atoms with van der Waals surface area (Å²) >= 11 is 0.